The Hall–Kier alpha value is -0.830. The molecule has 0 rings (SSSR count). The van der Waals surface area contributed by atoms with Crippen LogP contribution in [0.15, 0.2) is 12.7 Å². The minimum Gasteiger partial charge on any atom is -0.395 e. The Morgan fingerprint density at radius 3 is 2.44 bits per heavy atom. The molecular weight excluding hydrogens is 202 g/mol. The number of carbonyl (C=O) groups excluding carboxylic acids is 1. The normalized spacial score (nSPS) is 13.3. The Labute approximate surface area is 99.1 Å². The fraction of sp³-hybridized carbons (Fsp3) is 0.769. The molecule has 0 heterocycles. The van der Waals surface area contributed by atoms with E-state index in [0.717, 1.165) is 0 Å². The van der Waals surface area contributed by atoms with Crippen molar-refractivity contribution in [2.75, 3.05) is 19.7 Å². The molecule has 16 heavy (non-hydrogen) atoms. The Morgan fingerprint density at radius 1 is 1.50 bits per heavy atom. The lowest BCUT2D eigenvalue weighted by molar-refractivity contribution is -0.132. The summed E-state index contributed by atoms with van der Waals surface area (Å²) in [7, 11) is 0. The molecule has 3 heteroatoms. The molecule has 1 amide bonds. The summed E-state index contributed by atoms with van der Waals surface area (Å²) in [6, 6.07) is 0. The second kappa shape index (κ2) is 6.69. The molecule has 0 fully saturated rings. The molecule has 0 saturated heterocycles. The quantitative estimate of drug-likeness (QED) is 0.706. The summed E-state index contributed by atoms with van der Waals surface area (Å²) in [5, 5.41) is 8.88. The Kier molecular flexibility index (Phi) is 6.34. The third kappa shape index (κ3) is 5.31. The molecule has 0 bridgehead atoms. The average Bonchev–Trinajstić information content (AvgIpc) is 2.15. The van der Waals surface area contributed by atoms with Crippen LogP contribution in [0.4, 0.5) is 0 Å². The van der Waals surface area contributed by atoms with Gasteiger partial charge < -0.3 is 10.0 Å². The second-order valence-electron chi connectivity index (χ2n) is 5.32. The lowest BCUT2D eigenvalue weighted by Crippen LogP contribution is -2.36. The van der Waals surface area contributed by atoms with Gasteiger partial charge in [0, 0.05) is 19.5 Å². The van der Waals surface area contributed by atoms with E-state index in [-0.39, 0.29) is 17.9 Å². The lowest BCUT2D eigenvalue weighted by Gasteiger charge is -2.29. The highest BCUT2D eigenvalue weighted by Crippen LogP contribution is 2.28. The number of hydrogen-bond acceptors (Lipinski definition) is 2. The predicted molar refractivity (Wildman–Crippen MR) is 67.1 cm³/mol. The van der Waals surface area contributed by atoms with Gasteiger partial charge in [-0.2, -0.15) is 0 Å². The van der Waals surface area contributed by atoms with Crippen molar-refractivity contribution >= 4 is 5.91 Å². The van der Waals surface area contributed by atoms with E-state index in [0.29, 0.717) is 25.4 Å². The van der Waals surface area contributed by atoms with Gasteiger partial charge in [-0.15, -0.1) is 6.58 Å². The van der Waals surface area contributed by atoms with Crippen LogP contribution in [0.2, 0.25) is 0 Å². The van der Waals surface area contributed by atoms with Crippen molar-refractivity contribution in [2.45, 2.75) is 34.1 Å². The van der Waals surface area contributed by atoms with Gasteiger partial charge in [0.1, 0.15) is 0 Å². The number of amides is 1. The molecule has 1 N–H and O–H groups in total. The van der Waals surface area contributed by atoms with E-state index in [2.05, 4.69) is 34.3 Å². The highest BCUT2D eigenvalue weighted by atomic mass is 16.3. The van der Waals surface area contributed by atoms with E-state index in [1.54, 1.807) is 11.0 Å². The van der Waals surface area contributed by atoms with E-state index in [1.165, 1.54) is 0 Å². The standard InChI is InChI=1S/C13H25NO2/c1-6-7-14(8-9-15)12(16)10-11(2)13(3,4)5/h6,11,15H,1,7-10H2,2-5H3. The van der Waals surface area contributed by atoms with E-state index in [9.17, 15) is 4.79 Å². The van der Waals surface area contributed by atoms with Crippen molar-refractivity contribution in [1.29, 1.82) is 0 Å². The van der Waals surface area contributed by atoms with Gasteiger partial charge in [0.05, 0.1) is 6.61 Å². The summed E-state index contributed by atoms with van der Waals surface area (Å²) in [5.74, 6) is 0.419. The Morgan fingerprint density at radius 2 is 2.06 bits per heavy atom. The predicted octanol–water partition coefficient (Wildman–Crippen LogP) is 2.07. The first-order valence-electron chi connectivity index (χ1n) is 5.82. The van der Waals surface area contributed by atoms with Gasteiger partial charge >= 0.3 is 0 Å². The monoisotopic (exact) mass is 227 g/mol. The van der Waals surface area contributed by atoms with Crippen LogP contribution in [0.25, 0.3) is 0 Å². The number of aliphatic hydroxyl groups is 1. The summed E-state index contributed by atoms with van der Waals surface area (Å²) >= 11 is 0. The van der Waals surface area contributed by atoms with Crippen LogP contribution < -0.4 is 0 Å². The zero-order valence-corrected chi connectivity index (χ0v) is 11.0. The molecule has 1 atom stereocenters. The molecule has 1 unspecified atom stereocenters. The smallest absolute Gasteiger partial charge is 0.223 e. The van der Waals surface area contributed by atoms with E-state index >= 15 is 0 Å². The van der Waals surface area contributed by atoms with Crippen LogP contribution in [0.5, 0.6) is 0 Å². The maximum atomic E-state index is 11.9. The Bertz CT molecular complexity index is 231. The summed E-state index contributed by atoms with van der Waals surface area (Å²) in [5.41, 5.74) is 0.134. The van der Waals surface area contributed by atoms with Crippen LogP contribution in [-0.4, -0.2) is 35.6 Å². The minimum atomic E-state index is 0.00345. The van der Waals surface area contributed by atoms with Crippen LogP contribution in [0.1, 0.15) is 34.1 Å². The van der Waals surface area contributed by atoms with Crippen molar-refractivity contribution in [1.82, 2.24) is 4.90 Å². The minimum absolute atomic E-state index is 0.00345. The summed E-state index contributed by atoms with van der Waals surface area (Å²) in [6.07, 6.45) is 2.21. The van der Waals surface area contributed by atoms with Crippen molar-refractivity contribution in [3.63, 3.8) is 0 Å². The van der Waals surface area contributed by atoms with E-state index in [1.807, 2.05) is 0 Å². The first-order valence-corrected chi connectivity index (χ1v) is 5.82. The van der Waals surface area contributed by atoms with E-state index in [4.69, 9.17) is 5.11 Å². The van der Waals surface area contributed by atoms with Gasteiger partial charge in [0.15, 0.2) is 0 Å². The summed E-state index contributed by atoms with van der Waals surface area (Å²) in [4.78, 5) is 13.6. The summed E-state index contributed by atoms with van der Waals surface area (Å²) in [6.45, 7) is 13.0. The van der Waals surface area contributed by atoms with Crippen molar-refractivity contribution < 1.29 is 9.90 Å². The maximum Gasteiger partial charge on any atom is 0.223 e. The average molecular weight is 227 g/mol. The first-order chi connectivity index (χ1) is 7.32. The van der Waals surface area contributed by atoms with Gasteiger partial charge in [-0.3, -0.25) is 4.79 Å². The molecule has 0 aromatic carbocycles. The molecule has 0 saturated carbocycles. The third-order valence-electron chi connectivity index (χ3n) is 3.03. The number of aliphatic hydroxyl groups excluding tert-OH is 1. The molecule has 0 spiro atoms. The topological polar surface area (TPSA) is 40.5 Å². The van der Waals surface area contributed by atoms with Gasteiger partial charge in [0.2, 0.25) is 5.91 Å². The summed E-state index contributed by atoms with van der Waals surface area (Å²) < 4.78 is 0. The number of hydrogen-bond donors (Lipinski definition) is 1. The zero-order chi connectivity index (χ0) is 12.8. The lowest BCUT2D eigenvalue weighted by atomic mass is 9.80. The van der Waals surface area contributed by atoms with Crippen molar-refractivity contribution in [3.8, 4) is 0 Å². The molecule has 0 aliphatic heterocycles. The molecular formula is C13H25NO2. The molecule has 0 aromatic rings. The van der Waals surface area contributed by atoms with E-state index < -0.39 is 0 Å². The first kappa shape index (κ1) is 15.2. The Balaban J connectivity index is 4.35. The van der Waals surface area contributed by atoms with Gasteiger partial charge in [-0.1, -0.05) is 33.8 Å². The fourth-order valence-electron chi connectivity index (χ4n) is 1.29. The number of nitrogens with zero attached hydrogens (tertiary/aromatic N) is 1. The highest BCUT2D eigenvalue weighted by Gasteiger charge is 2.24. The van der Waals surface area contributed by atoms with Crippen LogP contribution in [0.3, 0.4) is 0 Å². The molecule has 94 valence electrons. The molecule has 0 aliphatic rings. The van der Waals surface area contributed by atoms with Gasteiger partial charge in [-0.05, 0) is 11.3 Å². The molecule has 3 nitrogen and oxygen atoms in total. The number of rotatable bonds is 6. The fourth-order valence-corrected chi connectivity index (χ4v) is 1.29. The van der Waals surface area contributed by atoms with Crippen molar-refractivity contribution in [3.05, 3.63) is 12.7 Å². The van der Waals surface area contributed by atoms with Crippen LogP contribution in [-0.2, 0) is 4.79 Å². The van der Waals surface area contributed by atoms with Gasteiger partial charge in [-0.25, -0.2) is 0 Å². The second-order valence-corrected chi connectivity index (χ2v) is 5.32. The highest BCUT2D eigenvalue weighted by molar-refractivity contribution is 5.76. The van der Waals surface area contributed by atoms with Crippen LogP contribution in [0, 0.1) is 11.3 Å². The maximum absolute atomic E-state index is 11.9. The van der Waals surface area contributed by atoms with Gasteiger partial charge in [0.25, 0.3) is 0 Å². The largest absolute Gasteiger partial charge is 0.395 e. The molecule has 0 aromatic heterocycles. The molecule has 0 radical (unpaired) electrons. The number of carbonyl (C=O) groups is 1. The third-order valence-corrected chi connectivity index (χ3v) is 3.03. The van der Waals surface area contributed by atoms with Crippen molar-refractivity contribution in [2.24, 2.45) is 11.3 Å². The molecule has 0 aliphatic carbocycles. The van der Waals surface area contributed by atoms with Crippen LogP contribution >= 0.6 is 0 Å². The zero-order valence-electron chi connectivity index (χ0n) is 11.0. The SMILES string of the molecule is C=CCN(CCO)C(=O)CC(C)C(C)(C)C.